The summed E-state index contributed by atoms with van der Waals surface area (Å²) in [6.07, 6.45) is 1.36. The van der Waals surface area contributed by atoms with Gasteiger partial charge in [0, 0.05) is 12.6 Å². The third-order valence-electron chi connectivity index (χ3n) is 5.41. The number of carbonyl (C=O) groups excluding carboxylic acids is 1. The van der Waals surface area contributed by atoms with Gasteiger partial charge in [-0.15, -0.1) is 0 Å². The molecule has 36 heavy (non-hydrogen) atoms. The fourth-order valence-corrected chi connectivity index (χ4v) is 4.62. The van der Waals surface area contributed by atoms with Crippen molar-refractivity contribution in [2.24, 2.45) is 0 Å². The first kappa shape index (κ1) is 25.5. The minimum absolute atomic E-state index is 0.0830. The van der Waals surface area contributed by atoms with Gasteiger partial charge >= 0.3 is 0 Å². The van der Waals surface area contributed by atoms with Crippen LogP contribution in [0.1, 0.15) is 17.5 Å². The topological polar surface area (TPSA) is 103 Å². The minimum atomic E-state index is -3.76. The Balaban J connectivity index is 1.18. The van der Waals surface area contributed by atoms with Gasteiger partial charge in [-0.05, 0) is 60.4 Å². The lowest BCUT2D eigenvalue weighted by Gasteiger charge is -2.19. The van der Waals surface area contributed by atoms with Crippen molar-refractivity contribution in [1.29, 1.82) is 0 Å². The summed E-state index contributed by atoms with van der Waals surface area (Å²) in [7, 11) is -3.76. The largest absolute Gasteiger partial charge is 0.486 e. The summed E-state index contributed by atoms with van der Waals surface area (Å²) in [5, 5.41) is 2.78. The number of ether oxygens (including phenoxy) is 3. The SMILES string of the molecule is O=C(COCc1ccc(F)cc1)NCCCc1ccc(S(=O)(=O)Nc2ccc3c(c2)OCCO3)cc1. The predicted octanol–water partition coefficient (Wildman–Crippen LogP) is 3.66. The molecule has 0 radical (unpaired) electrons. The Morgan fingerprint density at radius 3 is 2.36 bits per heavy atom. The van der Waals surface area contributed by atoms with E-state index in [1.165, 1.54) is 12.1 Å². The van der Waals surface area contributed by atoms with E-state index in [0.29, 0.717) is 49.8 Å². The smallest absolute Gasteiger partial charge is 0.261 e. The second kappa shape index (κ2) is 11.9. The molecule has 0 bridgehead atoms. The third kappa shape index (κ3) is 7.19. The molecule has 8 nitrogen and oxygen atoms in total. The third-order valence-corrected chi connectivity index (χ3v) is 6.80. The molecular formula is C26H27FN2O6S. The first-order valence-corrected chi connectivity index (χ1v) is 13.0. The summed E-state index contributed by atoms with van der Waals surface area (Å²) >= 11 is 0. The molecule has 1 aliphatic rings. The van der Waals surface area contributed by atoms with E-state index in [2.05, 4.69) is 10.0 Å². The number of hydrogen-bond acceptors (Lipinski definition) is 6. The number of hydrogen-bond donors (Lipinski definition) is 2. The Labute approximate surface area is 209 Å². The number of sulfonamides is 1. The van der Waals surface area contributed by atoms with Crippen molar-refractivity contribution in [3.8, 4) is 11.5 Å². The molecule has 1 aliphatic heterocycles. The monoisotopic (exact) mass is 514 g/mol. The summed E-state index contributed by atoms with van der Waals surface area (Å²) in [6.45, 7) is 1.49. The Morgan fingerprint density at radius 2 is 1.61 bits per heavy atom. The van der Waals surface area contributed by atoms with Crippen LogP contribution in [0.2, 0.25) is 0 Å². The maximum Gasteiger partial charge on any atom is 0.261 e. The molecule has 0 aromatic heterocycles. The Kier molecular flexibility index (Phi) is 8.40. The summed E-state index contributed by atoms with van der Waals surface area (Å²) in [5.41, 5.74) is 2.13. The zero-order valence-electron chi connectivity index (χ0n) is 19.5. The lowest BCUT2D eigenvalue weighted by molar-refractivity contribution is -0.126. The number of rotatable bonds is 11. The second-order valence-corrected chi connectivity index (χ2v) is 9.86. The highest BCUT2D eigenvalue weighted by atomic mass is 32.2. The van der Waals surface area contributed by atoms with Gasteiger partial charge < -0.3 is 19.5 Å². The fourth-order valence-electron chi connectivity index (χ4n) is 3.57. The van der Waals surface area contributed by atoms with E-state index < -0.39 is 10.0 Å². The van der Waals surface area contributed by atoms with Crippen LogP contribution in [0.4, 0.5) is 10.1 Å². The minimum Gasteiger partial charge on any atom is -0.486 e. The summed E-state index contributed by atoms with van der Waals surface area (Å²) in [6, 6.07) is 17.4. The van der Waals surface area contributed by atoms with Crippen LogP contribution in [0.25, 0.3) is 0 Å². The molecule has 3 aromatic carbocycles. The van der Waals surface area contributed by atoms with Crippen molar-refractivity contribution < 1.29 is 31.8 Å². The highest BCUT2D eigenvalue weighted by molar-refractivity contribution is 7.92. The van der Waals surface area contributed by atoms with E-state index in [9.17, 15) is 17.6 Å². The molecule has 190 valence electrons. The molecule has 0 unspecified atom stereocenters. The normalized spacial score (nSPS) is 12.7. The lowest BCUT2D eigenvalue weighted by atomic mass is 10.1. The zero-order chi connectivity index (χ0) is 25.4. The first-order chi connectivity index (χ1) is 17.4. The average Bonchev–Trinajstić information content (AvgIpc) is 2.88. The van der Waals surface area contributed by atoms with E-state index in [-0.39, 0.29) is 29.8 Å². The van der Waals surface area contributed by atoms with Crippen LogP contribution in [0, 0.1) is 5.82 Å². The second-order valence-electron chi connectivity index (χ2n) is 8.18. The van der Waals surface area contributed by atoms with Gasteiger partial charge in [0.2, 0.25) is 5.91 Å². The average molecular weight is 515 g/mol. The van der Waals surface area contributed by atoms with Crippen molar-refractivity contribution in [3.63, 3.8) is 0 Å². The van der Waals surface area contributed by atoms with Crippen LogP contribution in [0.5, 0.6) is 11.5 Å². The van der Waals surface area contributed by atoms with Crippen LogP contribution in [-0.2, 0) is 32.6 Å². The zero-order valence-corrected chi connectivity index (χ0v) is 20.4. The highest BCUT2D eigenvalue weighted by Crippen LogP contribution is 2.33. The first-order valence-electron chi connectivity index (χ1n) is 11.5. The number of anilines is 1. The van der Waals surface area contributed by atoms with Crippen LogP contribution in [0.15, 0.2) is 71.6 Å². The van der Waals surface area contributed by atoms with Gasteiger partial charge in [0.25, 0.3) is 10.0 Å². The van der Waals surface area contributed by atoms with Gasteiger partial charge in [0.15, 0.2) is 11.5 Å². The summed E-state index contributed by atoms with van der Waals surface area (Å²) < 4.78 is 57.2. The van der Waals surface area contributed by atoms with Gasteiger partial charge in [-0.2, -0.15) is 0 Å². The van der Waals surface area contributed by atoms with Gasteiger partial charge in [-0.25, -0.2) is 12.8 Å². The quantitative estimate of drug-likeness (QED) is 0.379. The Hall–Kier alpha value is -3.63. The molecule has 10 heteroatoms. The van der Waals surface area contributed by atoms with Crippen molar-refractivity contribution in [2.75, 3.05) is 31.1 Å². The van der Waals surface area contributed by atoms with Crippen molar-refractivity contribution in [3.05, 3.63) is 83.7 Å². The molecule has 0 saturated carbocycles. The van der Waals surface area contributed by atoms with Crippen molar-refractivity contribution >= 4 is 21.6 Å². The Bertz CT molecular complexity index is 1280. The number of fused-ring (bicyclic) bond motifs is 1. The van der Waals surface area contributed by atoms with E-state index in [0.717, 1.165) is 11.1 Å². The number of nitrogens with one attached hydrogen (secondary N) is 2. The van der Waals surface area contributed by atoms with E-state index in [4.69, 9.17) is 14.2 Å². The number of halogens is 1. The highest BCUT2D eigenvalue weighted by Gasteiger charge is 2.17. The van der Waals surface area contributed by atoms with Crippen molar-refractivity contribution in [1.82, 2.24) is 5.32 Å². The maximum absolute atomic E-state index is 12.9. The summed E-state index contributed by atoms with van der Waals surface area (Å²) in [5.74, 6) is 0.537. The van der Waals surface area contributed by atoms with E-state index in [1.807, 2.05) is 0 Å². The molecule has 1 amide bonds. The molecule has 1 heterocycles. The van der Waals surface area contributed by atoms with Gasteiger partial charge in [0.1, 0.15) is 25.6 Å². The molecule has 3 aromatic rings. The number of aryl methyl sites for hydroxylation is 1. The van der Waals surface area contributed by atoms with Crippen LogP contribution < -0.4 is 19.5 Å². The number of amides is 1. The van der Waals surface area contributed by atoms with Crippen LogP contribution >= 0.6 is 0 Å². The van der Waals surface area contributed by atoms with Gasteiger partial charge in [0.05, 0.1) is 17.2 Å². The molecule has 0 spiro atoms. The molecule has 4 rings (SSSR count). The molecule has 0 fully saturated rings. The van der Waals surface area contributed by atoms with Gasteiger partial charge in [-0.1, -0.05) is 24.3 Å². The van der Waals surface area contributed by atoms with E-state index in [1.54, 1.807) is 54.6 Å². The fraction of sp³-hybridized carbons (Fsp3) is 0.269. The molecule has 0 saturated heterocycles. The van der Waals surface area contributed by atoms with Crippen LogP contribution in [0.3, 0.4) is 0 Å². The number of carbonyl (C=O) groups is 1. The lowest BCUT2D eigenvalue weighted by Crippen LogP contribution is -2.28. The van der Waals surface area contributed by atoms with Crippen molar-refractivity contribution in [2.45, 2.75) is 24.3 Å². The van der Waals surface area contributed by atoms with Crippen LogP contribution in [-0.4, -0.2) is 40.7 Å². The van der Waals surface area contributed by atoms with Gasteiger partial charge in [-0.3, -0.25) is 9.52 Å². The maximum atomic E-state index is 12.9. The predicted molar refractivity (Wildman–Crippen MR) is 132 cm³/mol. The van der Waals surface area contributed by atoms with E-state index >= 15 is 0 Å². The molecule has 0 aliphatic carbocycles. The molecular weight excluding hydrogens is 487 g/mol. The standard InChI is InChI=1S/C26H27FN2O6S/c27-21-7-3-20(4-8-21)17-33-18-26(30)28-13-1-2-19-5-10-23(11-6-19)36(31,32)29-22-9-12-24-25(16-22)35-15-14-34-24/h3-12,16,29H,1-2,13-15,17-18H2,(H,28,30). The number of benzene rings is 3. The summed E-state index contributed by atoms with van der Waals surface area (Å²) in [4.78, 5) is 12.0. The Morgan fingerprint density at radius 1 is 0.917 bits per heavy atom. The molecule has 0 atom stereocenters. The molecule has 2 N–H and O–H groups in total.